The summed E-state index contributed by atoms with van der Waals surface area (Å²) in [5.74, 6) is -4.18. The van der Waals surface area contributed by atoms with Crippen LogP contribution in [0.1, 0.15) is 98.3 Å². The Hall–Kier alpha value is -4.31. The maximum absolute atomic E-state index is 13.5. The number of fused-ring (bicyclic) bond motifs is 1. The van der Waals surface area contributed by atoms with Crippen LogP contribution in [0.15, 0.2) is 0 Å². The van der Waals surface area contributed by atoms with Gasteiger partial charge in [0.1, 0.15) is 18.1 Å². The number of hydrogen-bond donors (Lipinski definition) is 11. The molecule has 2 heterocycles. The molecule has 0 spiro atoms. The molecule has 7 atom stereocenters. The fourth-order valence-corrected chi connectivity index (χ4v) is 9.03. The predicted octanol–water partition coefficient (Wildman–Crippen LogP) is -0.472. The maximum atomic E-state index is 13.5. The highest BCUT2D eigenvalue weighted by molar-refractivity contribution is 8.00. The first-order valence-electron chi connectivity index (χ1n) is 21.0. The van der Waals surface area contributed by atoms with E-state index in [9.17, 15) is 43.2 Å². The molecule has 346 valence electrons. The maximum Gasteiger partial charge on any atom is 0.315 e. The molecule has 2 saturated heterocycles. The van der Waals surface area contributed by atoms with E-state index in [4.69, 9.17) is 10.9 Å². The van der Waals surface area contributed by atoms with Gasteiger partial charge in [-0.2, -0.15) is 23.5 Å². The second-order valence-electron chi connectivity index (χ2n) is 16.3. The summed E-state index contributed by atoms with van der Waals surface area (Å²) in [4.78, 5) is 113. The van der Waals surface area contributed by atoms with Gasteiger partial charge < -0.3 is 48.3 Å². The third-order valence-electron chi connectivity index (χ3n) is 10.1. The number of rotatable bonds is 30. The third kappa shape index (κ3) is 20.9. The van der Waals surface area contributed by atoms with Crippen molar-refractivity contribution in [2.24, 2.45) is 23.5 Å². The number of carbonyl (C=O) groups is 9. The number of thioether (sulfide) groups is 2. The lowest BCUT2D eigenvalue weighted by Gasteiger charge is -2.26. The fraction of sp³-hybridized carbons (Fsp3) is 0.769. The molecule has 10 amide bonds. The highest BCUT2D eigenvalue weighted by Crippen LogP contribution is 2.33. The first-order chi connectivity index (χ1) is 28.9. The van der Waals surface area contributed by atoms with E-state index >= 15 is 0 Å². The molecule has 0 aromatic carbocycles. The average molecular weight is 901 g/mol. The van der Waals surface area contributed by atoms with Crippen LogP contribution >= 0.6 is 23.5 Å². The minimum Gasteiger partial charge on any atom is -0.368 e. The Kier molecular flexibility index (Phi) is 24.5. The number of urea groups is 1. The van der Waals surface area contributed by atoms with Crippen LogP contribution < -0.4 is 53.7 Å². The topological polar surface area (TPSA) is 308 Å². The van der Waals surface area contributed by atoms with Crippen molar-refractivity contribution in [1.82, 2.24) is 48.0 Å². The Bertz CT molecular complexity index is 1510. The van der Waals surface area contributed by atoms with Crippen LogP contribution in [0.25, 0.3) is 0 Å². The van der Waals surface area contributed by atoms with Gasteiger partial charge in [0.25, 0.3) is 0 Å². The van der Waals surface area contributed by atoms with Crippen LogP contribution in [0.2, 0.25) is 0 Å². The fourth-order valence-electron chi connectivity index (χ4n) is 7.02. The molecular formula is C39H68N10O10S2. The first kappa shape index (κ1) is 52.8. The lowest BCUT2D eigenvalue weighted by Crippen LogP contribution is -2.55. The first-order valence-corrected chi connectivity index (χ1v) is 23.5. The second-order valence-corrected chi connectivity index (χ2v) is 18.6. The second kappa shape index (κ2) is 28.3. The summed E-state index contributed by atoms with van der Waals surface area (Å²) in [5, 5.41) is 30.8. The SMILES string of the molecule is CSCC[C@H](NC(=O)C(CC(=O)NO)CC(C)C)C(=O)N[C@@H](CC(C)C)C(=O)NCC(=O)NCC(=O)N[C@@H](CCCCNC(=O)CCCC[C@@H]1SC[C@@H]2NC(=O)N[C@@H]21)C(N)=O. The molecule has 1 unspecified atom stereocenters. The van der Waals surface area contributed by atoms with Gasteiger partial charge in [-0.3, -0.25) is 43.6 Å². The predicted molar refractivity (Wildman–Crippen MR) is 232 cm³/mol. The lowest BCUT2D eigenvalue weighted by molar-refractivity contribution is -0.137. The monoisotopic (exact) mass is 900 g/mol. The van der Waals surface area contributed by atoms with E-state index in [1.165, 1.54) is 17.2 Å². The van der Waals surface area contributed by atoms with Gasteiger partial charge in [0.05, 0.1) is 25.2 Å². The van der Waals surface area contributed by atoms with Gasteiger partial charge in [-0.1, -0.05) is 34.1 Å². The molecule has 2 aliphatic heterocycles. The number of unbranched alkanes of at least 4 members (excludes halogenated alkanes) is 2. The zero-order valence-corrected chi connectivity index (χ0v) is 37.7. The van der Waals surface area contributed by atoms with Crippen molar-refractivity contribution in [3.05, 3.63) is 0 Å². The van der Waals surface area contributed by atoms with E-state index < -0.39 is 78.5 Å². The highest BCUT2D eigenvalue weighted by atomic mass is 32.2. The quantitative estimate of drug-likeness (QED) is 0.0189. The van der Waals surface area contributed by atoms with E-state index in [1.807, 2.05) is 45.7 Å². The number of nitrogens with one attached hydrogen (secondary N) is 9. The summed E-state index contributed by atoms with van der Waals surface area (Å²) < 4.78 is 0. The van der Waals surface area contributed by atoms with Crippen molar-refractivity contribution in [2.45, 2.75) is 134 Å². The molecule has 12 N–H and O–H groups in total. The Morgan fingerprint density at radius 2 is 1.44 bits per heavy atom. The van der Waals surface area contributed by atoms with Crippen LogP contribution in [0.5, 0.6) is 0 Å². The largest absolute Gasteiger partial charge is 0.368 e. The molecule has 2 aliphatic rings. The van der Waals surface area contributed by atoms with Gasteiger partial charge in [0.15, 0.2) is 0 Å². The summed E-state index contributed by atoms with van der Waals surface area (Å²) in [6.07, 6.45) is 6.50. The van der Waals surface area contributed by atoms with Gasteiger partial charge in [-0.15, -0.1) is 0 Å². The van der Waals surface area contributed by atoms with Crippen molar-refractivity contribution in [1.29, 1.82) is 0 Å². The molecule has 2 fully saturated rings. The van der Waals surface area contributed by atoms with Crippen LogP contribution in [-0.4, -0.2) is 131 Å². The molecule has 20 nitrogen and oxygen atoms in total. The molecule has 0 aromatic rings. The average Bonchev–Trinajstić information content (AvgIpc) is 3.76. The van der Waals surface area contributed by atoms with Crippen LogP contribution in [-0.2, 0) is 38.4 Å². The van der Waals surface area contributed by atoms with Crippen LogP contribution in [0.4, 0.5) is 4.79 Å². The normalized spacial score (nSPS) is 18.7. The zero-order chi connectivity index (χ0) is 45.5. The van der Waals surface area contributed by atoms with E-state index in [1.54, 1.807) is 0 Å². The molecule has 0 saturated carbocycles. The lowest BCUT2D eigenvalue weighted by atomic mass is 9.92. The van der Waals surface area contributed by atoms with Gasteiger partial charge >= 0.3 is 6.03 Å². The third-order valence-corrected chi connectivity index (χ3v) is 12.3. The minimum atomic E-state index is -1.06. The molecule has 61 heavy (non-hydrogen) atoms. The van der Waals surface area contributed by atoms with Gasteiger partial charge in [0.2, 0.25) is 47.3 Å². The van der Waals surface area contributed by atoms with E-state index in [2.05, 4.69) is 42.5 Å². The standard InChI is InChI=1S/C39H68N10O10S2/c1-22(2)16-24(18-31(51)49-59)36(55)45-26(13-15-60-5)38(57)46-27(17-23(3)4)37(56)43-19-32(52)42-20-33(53)44-25(35(40)54)10-8-9-14-41-30(50)12-7-6-11-29-34-28(21-61-29)47-39(58)48-34/h22-29,34,59H,6-21H2,1-5H3,(H2,40,54)(H,41,50)(H,42,52)(H,43,56)(H,44,53)(H,45,55)(H,46,57)(H,49,51)(H2,47,48,58)/t24?,25-,26-,27-,28-,29-,34-/m0/s1. The summed E-state index contributed by atoms with van der Waals surface area (Å²) >= 11 is 3.29. The number of amides is 10. The highest BCUT2D eigenvalue weighted by Gasteiger charge is 2.42. The molecule has 22 heteroatoms. The summed E-state index contributed by atoms with van der Waals surface area (Å²) in [7, 11) is 0. The molecular weight excluding hydrogens is 833 g/mol. The number of hydrogen-bond acceptors (Lipinski definition) is 12. The van der Waals surface area contributed by atoms with Crippen molar-refractivity contribution in [2.75, 3.05) is 37.4 Å². The van der Waals surface area contributed by atoms with Gasteiger partial charge in [-0.25, -0.2) is 10.3 Å². The van der Waals surface area contributed by atoms with E-state index in [0.29, 0.717) is 43.2 Å². The Morgan fingerprint density at radius 3 is 2.10 bits per heavy atom. The van der Waals surface area contributed by atoms with Gasteiger partial charge in [0, 0.05) is 36.3 Å². The number of carbonyl (C=O) groups excluding carboxylic acids is 9. The molecule has 0 radical (unpaired) electrons. The summed E-state index contributed by atoms with van der Waals surface area (Å²) in [6.45, 7) is 6.82. The van der Waals surface area contributed by atoms with Crippen molar-refractivity contribution >= 4 is 76.8 Å². The van der Waals surface area contributed by atoms with E-state index in [-0.39, 0.29) is 61.5 Å². The minimum absolute atomic E-state index is 0.0438. The summed E-state index contributed by atoms with van der Waals surface area (Å²) in [5.41, 5.74) is 7.03. The van der Waals surface area contributed by atoms with Crippen molar-refractivity contribution in [3.8, 4) is 0 Å². The number of primary amides is 1. The Labute approximate surface area is 366 Å². The number of hydroxylamine groups is 1. The number of nitrogens with two attached hydrogens (primary N) is 1. The molecule has 0 bridgehead atoms. The van der Waals surface area contributed by atoms with Crippen LogP contribution in [0, 0.1) is 17.8 Å². The molecule has 2 rings (SSSR count). The van der Waals surface area contributed by atoms with Crippen LogP contribution in [0.3, 0.4) is 0 Å². The molecule has 0 aliphatic carbocycles. The Morgan fingerprint density at radius 1 is 0.754 bits per heavy atom. The molecule has 0 aromatic heterocycles. The Balaban J connectivity index is 1.75. The van der Waals surface area contributed by atoms with E-state index in [0.717, 1.165) is 25.0 Å². The zero-order valence-electron chi connectivity index (χ0n) is 36.0. The van der Waals surface area contributed by atoms with Crippen molar-refractivity contribution in [3.63, 3.8) is 0 Å². The smallest absolute Gasteiger partial charge is 0.315 e. The van der Waals surface area contributed by atoms with Crippen molar-refractivity contribution < 1.29 is 48.4 Å². The summed E-state index contributed by atoms with van der Waals surface area (Å²) in [6, 6.07) is -2.90. The van der Waals surface area contributed by atoms with Gasteiger partial charge in [-0.05, 0) is 75.2 Å².